The van der Waals surface area contributed by atoms with Gasteiger partial charge in [-0.25, -0.2) is 9.66 Å². The molecular formula is C19H22N4O2S. The largest absolute Gasteiger partial charge is 0.486 e. The van der Waals surface area contributed by atoms with E-state index in [2.05, 4.69) is 23.9 Å². The predicted molar refractivity (Wildman–Crippen MR) is 104 cm³/mol. The molecule has 0 unspecified atom stereocenters. The van der Waals surface area contributed by atoms with Gasteiger partial charge in [-0.2, -0.15) is 0 Å². The van der Waals surface area contributed by atoms with Crippen LogP contribution in [-0.4, -0.2) is 28.2 Å². The quantitative estimate of drug-likeness (QED) is 0.714. The second kappa shape index (κ2) is 6.74. The van der Waals surface area contributed by atoms with Crippen LogP contribution in [0.25, 0.3) is 10.2 Å². The van der Waals surface area contributed by atoms with Gasteiger partial charge in [-0.15, -0.1) is 11.3 Å². The second-order valence-electron chi connectivity index (χ2n) is 6.66. The molecule has 2 aromatic heterocycles. The van der Waals surface area contributed by atoms with Crippen molar-refractivity contribution >= 4 is 21.6 Å². The molecule has 3 heterocycles. The second-order valence-corrected chi connectivity index (χ2v) is 7.74. The molecule has 2 N–H and O–H groups in total. The van der Waals surface area contributed by atoms with E-state index in [9.17, 15) is 4.79 Å². The average Bonchev–Trinajstić information content (AvgIpc) is 3.01. The van der Waals surface area contributed by atoms with Gasteiger partial charge in [0.2, 0.25) is 0 Å². The van der Waals surface area contributed by atoms with Crippen molar-refractivity contribution in [1.82, 2.24) is 14.6 Å². The van der Waals surface area contributed by atoms with Gasteiger partial charge in [0.05, 0.1) is 5.39 Å². The molecule has 3 aromatic rings. The summed E-state index contributed by atoms with van der Waals surface area (Å²) in [7, 11) is 2.09. The maximum Gasteiger partial charge on any atom is 0.281 e. The number of nitrogens with two attached hydrogens (primary N) is 1. The zero-order valence-corrected chi connectivity index (χ0v) is 15.8. The molecular weight excluding hydrogens is 348 g/mol. The number of hydrogen-bond acceptors (Lipinski definition) is 6. The van der Waals surface area contributed by atoms with Crippen LogP contribution < -0.4 is 16.1 Å². The van der Waals surface area contributed by atoms with Crippen LogP contribution in [0.15, 0.2) is 29.1 Å². The number of likely N-dealkylation sites (N-methyl/N-ethyl adjacent to an activating group) is 1. The van der Waals surface area contributed by atoms with Crippen LogP contribution in [-0.2, 0) is 26.0 Å². The van der Waals surface area contributed by atoms with Gasteiger partial charge in [0.1, 0.15) is 17.2 Å². The maximum absolute atomic E-state index is 12.8. The summed E-state index contributed by atoms with van der Waals surface area (Å²) in [5.41, 5.74) is 2.18. The molecule has 6 nitrogen and oxygen atoms in total. The third-order valence-electron chi connectivity index (χ3n) is 4.87. The number of aryl methyl sites for hydroxylation is 1. The summed E-state index contributed by atoms with van der Waals surface area (Å²) in [6.45, 7) is 4.08. The first kappa shape index (κ1) is 17.1. The Morgan fingerprint density at radius 1 is 1.31 bits per heavy atom. The minimum Gasteiger partial charge on any atom is -0.486 e. The van der Waals surface area contributed by atoms with Gasteiger partial charge in [-0.1, -0.05) is 19.1 Å². The first-order valence-corrected chi connectivity index (χ1v) is 9.60. The molecule has 1 aliphatic rings. The molecule has 0 saturated carbocycles. The lowest BCUT2D eigenvalue weighted by Crippen LogP contribution is -2.33. The zero-order valence-electron chi connectivity index (χ0n) is 15.0. The molecule has 0 radical (unpaired) electrons. The molecule has 0 atom stereocenters. The number of benzene rings is 1. The molecule has 0 aliphatic carbocycles. The fourth-order valence-electron chi connectivity index (χ4n) is 3.30. The SMILES string of the molecule is CCc1ccc(OCc2nc3sc4c(c3c(=O)n2N)CCN(C)C4)cc1. The van der Waals surface area contributed by atoms with E-state index in [4.69, 9.17) is 10.6 Å². The van der Waals surface area contributed by atoms with E-state index in [1.165, 1.54) is 10.4 Å². The van der Waals surface area contributed by atoms with Crippen molar-refractivity contribution in [2.24, 2.45) is 0 Å². The Hall–Kier alpha value is -2.38. The van der Waals surface area contributed by atoms with Gasteiger partial charge in [-0.05, 0) is 43.1 Å². The van der Waals surface area contributed by atoms with Crippen molar-refractivity contribution in [2.75, 3.05) is 19.4 Å². The lowest BCUT2D eigenvalue weighted by molar-refractivity contribution is 0.291. The van der Waals surface area contributed by atoms with Crippen LogP contribution in [0.4, 0.5) is 0 Å². The summed E-state index contributed by atoms with van der Waals surface area (Å²) in [6, 6.07) is 7.92. The lowest BCUT2D eigenvalue weighted by atomic mass is 10.1. The molecule has 1 aromatic carbocycles. The minimum absolute atomic E-state index is 0.162. The summed E-state index contributed by atoms with van der Waals surface area (Å²) >= 11 is 1.59. The molecule has 26 heavy (non-hydrogen) atoms. The van der Waals surface area contributed by atoms with Gasteiger partial charge in [0, 0.05) is 18.0 Å². The number of rotatable bonds is 4. The van der Waals surface area contributed by atoms with E-state index in [0.717, 1.165) is 46.8 Å². The number of aromatic nitrogens is 2. The van der Waals surface area contributed by atoms with Crippen LogP contribution in [0.2, 0.25) is 0 Å². The van der Waals surface area contributed by atoms with Crippen molar-refractivity contribution < 1.29 is 4.74 Å². The smallest absolute Gasteiger partial charge is 0.281 e. The first-order chi connectivity index (χ1) is 12.6. The van der Waals surface area contributed by atoms with Crippen LogP contribution in [0.3, 0.4) is 0 Å². The van der Waals surface area contributed by atoms with Crippen LogP contribution in [0, 0.1) is 0 Å². The van der Waals surface area contributed by atoms with Crippen molar-refractivity contribution in [1.29, 1.82) is 0 Å². The van der Waals surface area contributed by atoms with Crippen molar-refractivity contribution in [3.8, 4) is 5.75 Å². The third kappa shape index (κ3) is 2.97. The highest BCUT2D eigenvalue weighted by Crippen LogP contribution is 2.32. The van der Waals surface area contributed by atoms with Gasteiger partial charge < -0.3 is 15.5 Å². The molecule has 136 valence electrons. The van der Waals surface area contributed by atoms with E-state index in [1.54, 1.807) is 11.3 Å². The van der Waals surface area contributed by atoms with E-state index in [1.807, 2.05) is 24.3 Å². The Balaban J connectivity index is 1.65. The Bertz CT molecular complexity index is 1010. The summed E-state index contributed by atoms with van der Waals surface area (Å²) < 4.78 is 6.92. The van der Waals surface area contributed by atoms with E-state index in [-0.39, 0.29) is 12.2 Å². The lowest BCUT2D eigenvalue weighted by Gasteiger charge is -2.21. The predicted octanol–water partition coefficient (Wildman–Crippen LogP) is 2.30. The zero-order chi connectivity index (χ0) is 18.3. The molecule has 1 aliphatic heterocycles. The van der Waals surface area contributed by atoms with Gasteiger partial charge in [0.15, 0.2) is 5.82 Å². The van der Waals surface area contributed by atoms with Crippen LogP contribution in [0.5, 0.6) is 5.75 Å². The number of nitrogen functional groups attached to an aromatic ring is 1. The summed E-state index contributed by atoms with van der Waals surface area (Å²) in [6.07, 6.45) is 1.85. The van der Waals surface area contributed by atoms with Crippen molar-refractivity contribution in [3.63, 3.8) is 0 Å². The van der Waals surface area contributed by atoms with Crippen molar-refractivity contribution in [3.05, 3.63) is 56.4 Å². The molecule has 4 rings (SSSR count). The molecule has 0 bridgehead atoms. The summed E-state index contributed by atoms with van der Waals surface area (Å²) in [5.74, 6) is 7.21. The maximum atomic E-state index is 12.8. The molecule has 0 spiro atoms. The van der Waals surface area contributed by atoms with E-state index >= 15 is 0 Å². The number of ether oxygens (including phenoxy) is 1. The number of nitrogens with zero attached hydrogens (tertiary/aromatic N) is 3. The van der Waals surface area contributed by atoms with E-state index in [0.29, 0.717) is 11.2 Å². The molecule has 0 saturated heterocycles. The molecule has 7 heteroatoms. The monoisotopic (exact) mass is 370 g/mol. The van der Waals surface area contributed by atoms with Gasteiger partial charge >= 0.3 is 0 Å². The summed E-state index contributed by atoms with van der Waals surface area (Å²) in [5, 5.41) is 0.677. The Labute approximate surface area is 155 Å². The number of thiophene rings is 1. The highest BCUT2D eigenvalue weighted by Gasteiger charge is 2.23. The normalized spacial score (nSPS) is 14.5. The topological polar surface area (TPSA) is 73.4 Å². The number of fused-ring (bicyclic) bond motifs is 3. The Morgan fingerprint density at radius 2 is 2.08 bits per heavy atom. The van der Waals surface area contributed by atoms with Gasteiger partial charge in [-0.3, -0.25) is 4.79 Å². The van der Waals surface area contributed by atoms with E-state index < -0.39 is 0 Å². The van der Waals surface area contributed by atoms with Crippen molar-refractivity contribution in [2.45, 2.75) is 32.9 Å². The highest BCUT2D eigenvalue weighted by atomic mass is 32.1. The summed E-state index contributed by atoms with van der Waals surface area (Å²) in [4.78, 5) is 21.6. The van der Waals surface area contributed by atoms with Crippen LogP contribution in [0.1, 0.15) is 28.8 Å². The third-order valence-corrected chi connectivity index (χ3v) is 5.98. The fraction of sp³-hybridized carbons (Fsp3) is 0.368. The average molecular weight is 370 g/mol. The van der Waals surface area contributed by atoms with Gasteiger partial charge in [0.25, 0.3) is 5.56 Å². The Kier molecular flexibility index (Phi) is 4.42. The number of hydrogen-bond donors (Lipinski definition) is 1. The molecule has 0 amide bonds. The molecule has 0 fully saturated rings. The first-order valence-electron chi connectivity index (χ1n) is 8.78. The fourth-order valence-corrected chi connectivity index (χ4v) is 4.61. The Morgan fingerprint density at radius 3 is 2.81 bits per heavy atom. The standard InChI is InChI=1S/C19H22N4O2S/c1-3-12-4-6-13(7-5-12)25-11-16-21-18-17(19(24)23(16)20)14-8-9-22(2)10-15(14)26-18/h4-7H,3,8-11,20H2,1-2H3. The van der Waals surface area contributed by atoms with Crippen LogP contribution >= 0.6 is 11.3 Å². The minimum atomic E-state index is -0.183. The highest BCUT2D eigenvalue weighted by molar-refractivity contribution is 7.18.